The first-order chi connectivity index (χ1) is 10.5. The summed E-state index contributed by atoms with van der Waals surface area (Å²) in [4.78, 5) is 1.60. The van der Waals surface area contributed by atoms with Gasteiger partial charge >= 0.3 is 12.5 Å². The molecule has 1 aliphatic rings. The fourth-order valence-corrected chi connectivity index (χ4v) is 3.15. The molecule has 1 saturated heterocycles. The monoisotopic (exact) mass is 405 g/mol. The number of rotatable bonds is 3. The minimum Gasteiger partial charge on any atom is -0.406 e. The molecule has 1 fully saturated rings. The minimum atomic E-state index is -4.81. The first kappa shape index (κ1) is 18.4. The van der Waals surface area contributed by atoms with E-state index in [4.69, 9.17) is 0 Å². The number of benzene rings is 1. The predicted molar refractivity (Wildman–Crippen MR) is 74.9 cm³/mol. The topological polar surface area (TPSA) is 12.5 Å². The number of nitrogens with zero attached hydrogens (tertiary/aromatic N) is 1. The van der Waals surface area contributed by atoms with E-state index < -0.39 is 24.2 Å². The van der Waals surface area contributed by atoms with Gasteiger partial charge in [-0.1, -0.05) is 15.9 Å². The van der Waals surface area contributed by atoms with Crippen molar-refractivity contribution in [3.63, 3.8) is 0 Å². The second-order valence-electron chi connectivity index (χ2n) is 5.46. The van der Waals surface area contributed by atoms with Gasteiger partial charge in [0.2, 0.25) is 0 Å². The van der Waals surface area contributed by atoms with Crippen LogP contribution in [0.2, 0.25) is 0 Å². The summed E-state index contributed by atoms with van der Waals surface area (Å²) in [7, 11) is 0. The molecule has 1 aromatic rings. The number of hydrogen-bond acceptors (Lipinski definition) is 2. The lowest BCUT2D eigenvalue weighted by Gasteiger charge is -2.33. The van der Waals surface area contributed by atoms with Crippen molar-refractivity contribution in [2.75, 3.05) is 13.1 Å². The van der Waals surface area contributed by atoms with Crippen molar-refractivity contribution in [3.8, 4) is 5.75 Å². The minimum absolute atomic E-state index is 0.0842. The second kappa shape index (κ2) is 6.88. The summed E-state index contributed by atoms with van der Waals surface area (Å²) in [5.41, 5.74) is 0.460. The Hall–Kier alpha value is -0.960. The zero-order valence-corrected chi connectivity index (χ0v) is 13.4. The molecular weight excluding hydrogens is 392 g/mol. The summed E-state index contributed by atoms with van der Waals surface area (Å²) in [6, 6.07) is 3.92. The molecule has 0 amide bonds. The van der Waals surface area contributed by atoms with Gasteiger partial charge in [-0.05, 0) is 43.1 Å². The molecule has 1 heterocycles. The smallest absolute Gasteiger partial charge is 0.406 e. The molecule has 23 heavy (non-hydrogen) atoms. The van der Waals surface area contributed by atoms with Crippen molar-refractivity contribution >= 4 is 15.9 Å². The highest BCUT2D eigenvalue weighted by atomic mass is 79.9. The molecule has 0 aliphatic carbocycles. The van der Waals surface area contributed by atoms with Crippen LogP contribution in [0.3, 0.4) is 0 Å². The summed E-state index contributed by atoms with van der Waals surface area (Å²) in [6.45, 7) is 0.472. The van der Waals surface area contributed by atoms with Crippen LogP contribution in [0.25, 0.3) is 0 Å². The summed E-state index contributed by atoms with van der Waals surface area (Å²) < 4.78 is 79.4. The van der Waals surface area contributed by atoms with Crippen LogP contribution in [-0.4, -0.2) is 30.5 Å². The van der Waals surface area contributed by atoms with Gasteiger partial charge in [-0.3, -0.25) is 4.90 Å². The molecule has 2 rings (SSSR count). The van der Waals surface area contributed by atoms with Gasteiger partial charge in [0.1, 0.15) is 5.75 Å². The Kier molecular flexibility index (Phi) is 5.50. The molecule has 0 bridgehead atoms. The molecular formula is C14H14BrF6NO. The van der Waals surface area contributed by atoms with Gasteiger partial charge in [0, 0.05) is 17.6 Å². The number of halogens is 7. The maximum absolute atomic E-state index is 12.8. The van der Waals surface area contributed by atoms with E-state index in [2.05, 4.69) is 20.7 Å². The molecule has 130 valence electrons. The van der Waals surface area contributed by atoms with Crippen molar-refractivity contribution in [2.45, 2.75) is 31.9 Å². The van der Waals surface area contributed by atoms with E-state index in [1.54, 1.807) is 11.0 Å². The number of alkyl halides is 6. The van der Waals surface area contributed by atoms with Gasteiger partial charge in [0.25, 0.3) is 0 Å². The Labute approximate surface area is 137 Å². The first-order valence-electron chi connectivity index (χ1n) is 6.87. The normalized spacial score (nSPS) is 20.6. The number of piperidine rings is 1. The van der Waals surface area contributed by atoms with Gasteiger partial charge in [0.05, 0.1) is 5.92 Å². The van der Waals surface area contributed by atoms with E-state index in [-0.39, 0.29) is 19.5 Å². The van der Waals surface area contributed by atoms with Crippen molar-refractivity contribution in [3.05, 3.63) is 28.2 Å². The van der Waals surface area contributed by atoms with Crippen LogP contribution in [0, 0.1) is 5.92 Å². The average Bonchev–Trinajstić information content (AvgIpc) is 2.35. The molecule has 0 N–H and O–H groups in total. The molecule has 0 saturated carbocycles. The third-order valence-corrected chi connectivity index (χ3v) is 4.00. The number of ether oxygens (including phenoxy) is 1. The summed E-state index contributed by atoms with van der Waals surface area (Å²) in [5, 5.41) is 0. The van der Waals surface area contributed by atoms with E-state index in [1.165, 1.54) is 6.07 Å². The molecule has 1 aromatic carbocycles. The SMILES string of the molecule is FC(F)(F)Oc1cc(Br)cc(CN2CCCC(C(F)(F)F)C2)c1. The summed E-state index contributed by atoms with van der Waals surface area (Å²) >= 11 is 3.08. The second-order valence-corrected chi connectivity index (χ2v) is 6.37. The Morgan fingerprint density at radius 2 is 1.83 bits per heavy atom. The van der Waals surface area contributed by atoms with Crippen LogP contribution in [0.15, 0.2) is 22.7 Å². The van der Waals surface area contributed by atoms with Crippen molar-refractivity contribution in [2.24, 2.45) is 5.92 Å². The van der Waals surface area contributed by atoms with Crippen LogP contribution >= 0.6 is 15.9 Å². The molecule has 2 nitrogen and oxygen atoms in total. The quantitative estimate of drug-likeness (QED) is 0.647. The van der Waals surface area contributed by atoms with Gasteiger partial charge in [0.15, 0.2) is 0 Å². The average molecular weight is 406 g/mol. The summed E-state index contributed by atoms with van der Waals surface area (Å²) in [5.74, 6) is -1.79. The molecule has 0 aromatic heterocycles. The molecule has 1 unspecified atom stereocenters. The van der Waals surface area contributed by atoms with Gasteiger partial charge in [-0.15, -0.1) is 13.2 Å². The Morgan fingerprint density at radius 1 is 1.13 bits per heavy atom. The van der Waals surface area contributed by atoms with E-state index in [0.717, 1.165) is 6.07 Å². The lowest BCUT2D eigenvalue weighted by molar-refractivity contribution is -0.274. The predicted octanol–water partition coefficient (Wildman–Crippen LogP) is 5.12. The van der Waals surface area contributed by atoms with Crippen LogP contribution in [-0.2, 0) is 6.54 Å². The van der Waals surface area contributed by atoms with Gasteiger partial charge in [-0.25, -0.2) is 0 Å². The van der Waals surface area contributed by atoms with Crippen molar-refractivity contribution in [1.29, 1.82) is 0 Å². The number of hydrogen-bond donors (Lipinski definition) is 0. The Morgan fingerprint density at radius 3 is 2.43 bits per heavy atom. The maximum atomic E-state index is 12.8. The van der Waals surface area contributed by atoms with Crippen molar-refractivity contribution < 1.29 is 31.1 Å². The third-order valence-electron chi connectivity index (χ3n) is 3.54. The lowest BCUT2D eigenvalue weighted by atomic mass is 9.97. The fraction of sp³-hybridized carbons (Fsp3) is 0.571. The standard InChI is InChI=1S/C14H14BrF6NO/c15-11-4-9(5-12(6-11)23-14(19,20)21)7-22-3-1-2-10(8-22)13(16,17)18/h4-6,10H,1-3,7-8H2. The van der Waals surface area contributed by atoms with Crippen LogP contribution in [0.4, 0.5) is 26.3 Å². The molecule has 0 radical (unpaired) electrons. The van der Waals surface area contributed by atoms with Crippen molar-refractivity contribution in [1.82, 2.24) is 4.90 Å². The Balaban J connectivity index is 2.07. The lowest BCUT2D eigenvalue weighted by Crippen LogP contribution is -2.41. The highest BCUT2D eigenvalue weighted by Crippen LogP contribution is 2.34. The largest absolute Gasteiger partial charge is 0.573 e. The van der Waals surface area contributed by atoms with Gasteiger partial charge < -0.3 is 4.74 Å². The zero-order chi connectivity index (χ0) is 17.3. The van der Waals surface area contributed by atoms with Crippen LogP contribution in [0.1, 0.15) is 18.4 Å². The van der Waals surface area contributed by atoms with E-state index >= 15 is 0 Å². The Bertz CT molecular complexity index is 545. The highest BCUT2D eigenvalue weighted by Gasteiger charge is 2.41. The van der Waals surface area contributed by atoms with Gasteiger partial charge in [-0.2, -0.15) is 13.2 Å². The van der Waals surface area contributed by atoms with E-state index in [1.807, 2.05) is 0 Å². The molecule has 0 spiro atoms. The van der Waals surface area contributed by atoms with Crippen LogP contribution < -0.4 is 4.74 Å². The molecule has 1 atom stereocenters. The third kappa shape index (κ3) is 5.87. The van der Waals surface area contributed by atoms with E-state index in [9.17, 15) is 26.3 Å². The molecule has 9 heteroatoms. The van der Waals surface area contributed by atoms with Crippen LogP contribution in [0.5, 0.6) is 5.75 Å². The van der Waals surface area contributed by atoms with E-state index in [0.29, 0.717) is 23.0 Å². The first-order valence-corrected chi connectivity index (χ1v) is 7.66. The number of likely N-dealkylation sites (tertiary alicyclic amines) is 1. The summed E-state index contributed by atoms with van der Waals surface area (Å²) in [6.07, 6.45) is -8.57. The highest BCUT2D eigenvalue weighted by molar-refractivity contribution is 9.10. The fourth-order valence-electron chi connectivity index (χ4n) is 2.63. The zero-order valence-electron chi connectivity index (χ0n) is 11.8. The molecule has 1 aliphatic heterocycles. The maximum Gasteiger partial charge on any atom is 0.573 e.